The molecule has 0 atom stereocenters. The fraction of sp³-hybridized carbons (Fsp3) is 0. The van der Waals surface area contributed by atoms with Gasteiger partial charge in [0.05, 0.1) is 5.56 Å². The van der Waals surface area contributed by atoms with Crippen molar-refractivity contribution in [1.29, 1.82) is 5.26 Å². The SMILES string of the molecule is N#Cc1c(I)cc(O)cc1I.Oc1ccc(O)cc1. The Kier molecular flexibility index (Phi) is 6.17. The molecule has 0 saturated carbocycles. The van der Waals surface area contributed by atoms with Crippen molar-refractivity contribution in [2.75, 3.05) is 0 Å². The van der Waals surface area contributed by atoms with Gasteiger partial charge >= 0.3 is 0 Å². The van der Waals surface area contributed by atoms with Gasteiger partial charge < -0.3 is 15.3 Å². The van der Waals surface area contributed by atoms with Crippen LogP contribution in [0.1, 0.15) is 5.56 Å². The largest absolute Gasteiger partial charge is 0.508 e. The number of halogens is 2. The Balaban J connectivity index is 0.000000200. The lowest BCUT2D eigenvalue weighted by atomic mass is 10.2. The van der Waals surface area contributed by atoms with Gasteiger partial charge in [-0.3, -0.25) is 0 Å². The molecule has 0 aliphatic rings. The smallest absolute Gasteiger partial charge is 0.117 e. The topological polar surface area (TPSA) is 84.5 Å². The zero-order valence-electron chi connectivity index (χ0n) is 9.51. The third-order valence-electron chi connectivity index (χ3n) is 1.99. The summed E-state index contributed by atoms with van der Waals surface area (Å²) < 4.78 is 1.57. The van der Waals surface area contributed by atoms with E-state index in [4.69, 9.17) is 20.6 Å². The van der Waals surface area contributed by atoms with Crippen molar-refractivity contribution in [1.82, 2.24) is 0 Å². The van der Waals surface area contributed by atoms with Gasteiger partial charge in [-0.1, -0.05) is 0 Å². The van der Waals surface area contributed by atoms with Gasteiger partial charge in [0.2, 0.25) is 0 Å². The number of phenolic OH excluding ortho intramolecular Hbond substituents is 3. The molecule has 0 saturated heterocycles. The van der Waals surface area contributed by atoms with Crippen molar-refractivity contribution < 1.29 is 15.3 Å². The third kappa shape index (κ3) is 5.12. The molecule has 3 N–H and O–H groups in total. The van der Waals surface area contributed by atoms with Crippen molar-refractivity contribution in [3.05, 3.63) is 49.1 Å². The molecule has 2 aromatic rings. The summed E-state index contributed by atoms with van der Waals surface area (Å²) in [6.45, 7) is 0. The minimum absolute atomic E-state index is 0.169. The van der Waals surface area contributed by atoms with Gasteiger partial charge in [0.25, 0.3) is 0 Å². The standard InChI is InChI=1S/C7H3I2NO.C6H6O2/c8-6-1-4(11)2-7(9)5(6)3-10;7-5-1-2-6(8)4-3-5/h1-2,11H;1-4,7-8H. The Bertz CT molecular complexity index is 562. The van der Waals surface area contributed by atoms with Gasteiger partial charge in [-0.2, -0.15) is 5.26 Å². The zero-order chi connectivity index (χ0) is 14.4. The van der Waals surface area contributed by atoms with Crippen LogP contribution in [-0.4, -0.2) is 15.3 Å². The molecule has 0 amide bonds. The maximum atomic E-state index is 9.09. The number of nitrogens with zero attached hydrogens (tertiary/aromatic N) is 1. The summed E-state index contributed by atoms with van der Waals surface area (Å²) in [6.07, 6.45) is 0. The van der Waals surface area contributed by atoms with Crippen LogP contribution in [0.5, 0.6) is 17.2 Å². The first-order chi connectivity index (χ1) is 8.93. The minimum atomic E-state index is 0.169. The molecule has 2 rings (SSSR count). The van der Waals surface area contributed by atoms with Crippen LogP contribution in [-0.2, 0) is 0 Å². The summed E-state index contributed by atoms with van der Waals surface area (Å²) in [4.78, 5) is 0. The molecule has 0 aromatic heterocycles. The normalized spacial score (nSPS) is 9.11. The van der Waals surface area contributed by atoms with E-state index in [1.165, 1.54) is 24.3 Å². The summed E-state index contributed by atoms with van der Waals surface area (Å²) in [5, 5.41) is 35.0. The van der Waals surface area contributed by atoms with Crippen LogP contribution < -0.4 is 0 Å². The molecule has 0 radical (unpaired) electrons. The number of phenols is 3. The highest BCUT2D eigenvalue weighted by Crippen LogP contribution is 2.23. The maximum Gasteiger partial charge on any atom is 0.117 e. The first-order valence-electron chi connectivity index (χ1n) is 5.00. The predicted molar refractivity (Wildman–Crippen MR) is 88.0 cm³/mol. The molecule has 0 aliphatic heterocycles. The number of nitriles is 1. The lowest BCUT2D eigenvalue weighted by Crippen LogP contribution is -1.85. The molecule has 0 spiro atoms. The van der Waals surface area contributed by atoms with Crippen LogP contribution >= 0.6 is 45.2 Å². The van der Waals surface area contributed by atoms with E-state index < -0.39 is 0 Å². The molecule has 0 bridgehead atoms. The van der Waals surface area contributed by atoms with Gasteiger partial charge in [-0.15, -0.1) is 0 Å². The van der Waals surface area contributed by atoms with Crippen LogP contribution in [0.3, 0.4) is 0 Å². The predicted octanol–water partition coefficient (Wildman–Crippen LogP) is 3.57. The summed E-state index contributed by atoms with van der Waals surface area (Å²) in [7, 11) is 0. The summed E-state index contributed by atoms with van der Waals surface area (Å²) >= 11 is 4.05. The van der Waals surface area contributed by atoms with Crippen LogP contribution in [0, 0.1) is 18.5 Å². The summed E-state index contributed by atoms with van der Waals surface area (Å²) in [5.41, 5.74) is 0.629. The average Bonchev–Trinajstić information content (AvgIpc) is 2.33. The lowest BCUT2D eigenvalue weighted by molar-refractivity contribution is 0.460. The van der Waals surface area contributed by atoms with E-state index in [1.807, 2.05) is 45.2 Å². The Labute approximate surface area is 137 Å². The molecule has 0 heterocycles. The molecule has 6 heteroatoms. The third-order valence-corrected chi connectivity index (χ3v) is 3.69. The van der Waals surface area contributed by atoms with Crippen LogP contribution in [0.2, 0.25) is 0 Å². The number of aromatic hydroxyl groups is 3. The first kappa shape index (κ1) is 15.8. The van der Waals surface area contributed by atoms with E-state index >= 15 is 0 Å². The Hall–Kier alpha value is -1.21. The second-order valence-electron chi connectivity index (χ2n) is 3.41. The van der Waals surface area contributed by atoms with Gasteiger partial charge in [-0.05, 0) is 81.6 Å². The van der Waals surface area contributed by atoms with Crippen molar-refractivity contribution in [3.63, 3.8) is 0 Å². The molecule has 0 aliphatic carbocycles. The number of hydrogen-bond acceptors (Lipinski definition) is 4. The van der Waals surface area contributed by atoms with Gasteiger partial charge in [0.15, 0.2) is 0 Å². The van der Waals surface area contributed by atoms with E-state index in [2.05, 4.69) is 6.07 Å². The van der Waals surface area contributed by atoms with Gasteiger partial charge in [0.1, 0.15) is 23.3 Å². The average molecular weight is 481 g/mol. The molecule has 98 valence electrons. The van der Waals surface area contributed by atoms with Crippen molar-refractivity contribution in [2.24, 2.45) is 0 Å². The fourth-order valence-corrected chi connectivity index (χ4v) is 3.10. The number of hydrogen-bond donors (Lipinski definition) is 3. The highest BCUT2D eigenvalue weighted by molar-refractivity contribution is 14.1. The molecule has 0 unspecified atom stereocenters. The fourth-order valence-electron chi connectivity index (χ4n) is 1.12. The second-order valence-corrected chi connectivity index (χ2v) is 5.74. The van der Waals surface area contributed by atoms with Crippen molar-refractivity contribution in [3.8, 4) is 23.3 Å². The lowest BCUT2D eigenvalue weighted by Gasteiger charge is -1.98. The molecule has 19 heavy (non-hydrogen) atoms. The van der Waals surface area contributed by atoms with E-state index in [0.717, 1.165) is 7.14 Å². The van der Waals surface area contributed by atoms with Gasteiger partial charge in [-0.25, -0.2) is 0 Å². The summed E-state index contributed by atoms with van der Waals surface area (Å²) in [6, 6.07) is 10.9. The molecule has 4 nitrogen and oxygen atoms in total. The van der Waals surface area contributed by atoms with E-state index in [0.29, 0.717) is 5.56 Å². The van der Waals surface area contributed by atoms with Crippen LogP contribution in [0.25, 0.3) is 0 Å². The Morgan fingerprint density at radius 1 is 0.789 bits per heavy atom. The van der Waals surface area contributed by atoms with Crippen LogP contribution in [0.15, 0.2) is 36.4 Å². The second kappa shape index (κ2) is 7.40. The van der Waals surface area contributed by atoms with E-state index in [-0.39, 0.29) is 17.2 Å². The Morgan fingerprint density at radius 3 is 1.47 bits per heavy atom. The Morgan fingerprint density at radius 2 is 1.16 bits per heavy atom. The quantitative estimate of drug-likeness (QED) is 0.397. The first-order valence-corrected chi connectivity index (χ1v) is 7.16. The van der Waals surface area contributed by atoms with Crippen molar-refractivity contribution in [2.45, 2.75) is 0 Å². The summed E-state index contributed by atoms with van der Waals surface area (Å²) in [5.74, 6) is 0.545. The van der Waals surface area contributed by atoms with Crippen molar-refractivity contribution >= 4 is 45.2 Å². The highest BCUT2D eigenvalue weighted by atomic mass is 127. The molecule has 2 aromatic carbocycles. The molecule has 0 fully saturated rings. The molecular weight excluding hydrogens is 472 g/mol. The highest BCUT2D eigenvalue weighted by Gasteiger charge is 2.04. The molecular formula is C13H9I2NO3. The van der Waals surface area contributed by atoms with E-state index in [9.17, 15) is 0 Å². The zero-order valence-corrected chi connectivity index (χ0v) is 13.8. The number of rotatable bonds is 0. The monoisotopic (exact) mass is 481 g/mol. The number of benzene rings is 2. The maximum absolute atomic E-state index is 9.09. The minimum Gasteiger partial charge on any atom is -0.508 e. The van der Waals surface area contributed by atoms with E-state index in [1.54, 1.807) is 12.1 Å². The van der Waals surface area contributed by atoms with Crippen LogP contribution in [0.4, 0.5) is 0 Å². The van der Waals surface area contributed by atoms with Gasteiger partial charge in [0, 0.05) is 7.14 Å².